The number of imidazole rings is 1. The van der Waals surface area contributed by atoms with Gasteiger partial charge in [-0.3, -0.25) is 4.79 Å². The molecular weight excluding hydrogens is 278 g/mol. The zero-order chi connectivity index (χ0) is 15.8. The lowest BCUT2D eigenvalue weighted by Crippen LogP contribution is -2.31. The first-order chi connectivity index (χ1) is 10.7. The third kappa shape index (κ3) is 4.87. The molecule has 1 amide bonds. The molecule has 0 radical (unpaired) electrons. The number of carbonyl (C=O) groups excluding carboxylic acids is 1. The predicted octanol–water partition coefficient (Wildman–Crippen LogP) is 1.94. The van der Waals surface area contributed by atoms with Crippen LogP contribution in [0.3, 0.4) is 0 Å². The Morgan fingerprint density at radius 2 is 2.18 bits per heavy atom. The highest BCUT2D eigenvalue weighted by Crippen LogP contribution is 2.03. The summed E-state index contributed by atoms with van der Waals surface area (Å²) in [6.45, 7) is 4.16. The van der Waals surface area contributed by atoms with Crippen molar-refractivity contribution in [3.8, 4) is 0 Å². The minimum atomic E-state index is 0.167. The maximum atomic E-state index is 12.1. The Kier molecular flexibility index (Phi) is 5.94. The van der Waals surface area contributed by atoms with E-state index in [0.29, 0.717) is 19.5 Å². The van der Waals surface area contributed by atoms with Crippen LogP contribution in [0.1, 0.15) is 18.7 Å². The smallest absolute Gasteiger partial charge is 0.222 e. The van der Waals surface area contributed by atoms with E-state index in [1.807, 2.05) is 38.4 Å². The van der Waals surface area contributed by atoms with Crippen molar-refractivity contribution in [3.05, 3.63) is 42.6 Å². The first-order valence-corrected chi connectivity index (χ1v) is 7.53. The van der Waals surface area contributed by atoms with E-state index in [0.717, 1.165) is 24.6 Å². The van der Waals surface area contributed by atoms with E-state index in [-0.39, 0.29) is 5.91 Å². The molecule has 118 valence electrons. The van der Waals surface area contributed by atoms with Crippen molar-refractivity contribution < 1.29 is 4.79 Å². The molecule has 0 unspecified atom stereocenters. The van der Waals surface area contributed by atoms with Gasteiger partial charge in [0, 0.05) is 51.7 Å². The maximum absolute atomic E-state index is 12.1. The SMILES string of the molecule is Cc1nccn1CCCC(=O)N(C)CCNc1ccccn1. The highest BCUT2D eigenvalue weighted by molar-refractivity contribution is 5.75. The lowest BCUT2D eigenvalue weighted by atomic mass is 10.2. The molecule has 0 aliphatic heterocycles. The van der Waals surface area contributed by atoms with Crippen LogP contribution >= 0.6 is 0 Å². The Morgan fingerprint density at radius 3 is 2.86 bits per heavy atom. The number of nitrogens with one attached hydrogen (secondary N) is 1. The van der Waals surface area contributed by atoms with Crippen LogP contribution in [-0.4, -0.2) is 45.5 Å². The highest BCUT2D eigenvalue weighted by Gasteiger charge is 2.08. The van der Waals surface area contributed by atoms with Crippen LogP contribution < -0.4 is 5.32 Å². The van der Waals surface area contributed by atoms with E-state index < -0.39 is 0 Å². The Morgan fingerprint density at radius 1 is 1.32 bits per heavy atom. The first-order valence-electron chi connectivity index (χ1n) is 7.53. The predicted molar refractivity (Wildman–Crippen MR) is 86.6 cm³/mol. The van der Waals surface area contributed by atoms with Crippen LogP contribution in [0.5, 0.6) is 0 Å². The number of hydrogen-bond acceptors (Lipinski definition) is 4. The van der Waals surface area contributed by atoms with Gasteiger partial charge in [0.15, 0.2) is 0 Å². The minimum absolute atomic E-state index is 0.167. The second kappa shape index (κ2) is 8.17. The van der Waals surface area contributed by atoms with Gasteiger partial charge in [0.25, 0.3) is 0 Å². The molecule has 0 spiro atoms. The number of carbonyl (C=O) groups is 1. The van der Waals surface area contributed by atoms with Gasteiger partial charge < -0.3 is 14.8 Å². The molecule has 2 aromatic rings. The lowest BCUT2D eigenvalue weighted by Gasteiger charge is -2.17. The molecule has 2 heterocycles. The molecule has 0 saturated carbocycles. The Labute approximate surface area is 131 Å². The fourth-order valence-corrected chi connectivity index (χ4v) is 2.18. The van der Waals surface area contributed by atoms with Gasteiger partial charge in [0.05, 0.1) is 0 Å². The molecule has 0 aliphatic carbocycles. The second-order valence-corrected chi connectivity index (χ2v) is 5.23. The van der Waals surface area contributed by atoms with Crippen molar-refractivity contribution in [1.82, 2.24) is 19.4 Å². The van der Waals surface area contributed by atoms with Gasteiger partial charge in [0.2, 0.25) is 5.91 Å². The van der Waals surface area contributed by atoms with Crippen LogP contribution in [0.15, 0.2) is 36.8 Å². The molecule has 0 bridgehead atoms. The average Bonchev–Trinajstić information content (AvgIpc) is 2.93. The summed E-state index contributed by atoms with van der Waals surface area (Å²) in [7, 11) is 1.84. The summed E-state index contributed by atoms with van der Waals surface area (Å²) >= 11 is 0. The van der Waals surface area contributed by atoms with Crippen LogP contribution in [0.25, 0.3) is 0 Å². The van der Waals surface area contributed by atoms with Crippen LogP contribution in [0.4, 0.5) is 5.82 Å². The monoisotopic (exact) mass is 301 g/mol. The number of aromatic nitrogens is 3. The fraction of sp³-hybridized carbons (Fsp3) is 0.438. The molecule has 2 aromatic heterocycles. The molecule has 0 aromatic carbocycles. The number of amides is 1. The standard InChI is InChI=1S/C16H23N5O/c1-14-17-10-13-21(14)11-5-7-16(22)20(2)12-9-19-15-6-3-4-8-18-15/h3-4,6,8,10,13H,5,7,9,11-12H2,1-2H3,(H,18,19). The van der Waals surface area contributed by atoms with Gasteiger partial charge in [-0.2, -0.15) is 0 Å². The summed E-state index contributed by atoms with van der Waals surface area (Å²) in [6.07, 6.45) is 6.86. The highest BCUT2D eigenvalue weighted by atomic mass is 16.2. The number of aryl methyl sites for hydroxylation is 2. The Hall–Kier alpha value is -2.37. The third-order valence-electron chi connectivity index (χ3n) is 3.56. The van der Waals surface area contributed by atoms with E-state index >= 15 is 0 Å². The van der Waals surface area contributed by atoms with E-state index in [9.17, 15) is 4.79 Å². The van der Waals surface area contributed by atoms with Gasteiger partial charge >= 0.3 is 0 Å². The summed E-state index contributed by atoms with van der Waals surface area (Å²) in [6, 6.07) is 5.72. The normalized spacial score (nSPS) is 10.5. The van der Waals surface area contributed by atoms with Gasteiger partial charge in [-0.05, 0) is 25.5 Å². The van der Waals surface area contributed by atoms with Gasteiger partial charge in [-0.25, -0.2) is 9.97 Å². The lowest BCUT2D eigenvalue weighted by molar-refractivity contribution is -0.129. The zero-order valence-electron chi connectivity index (χ0n) is 13.2. The van der Waals surface area contributed by atoms with Crippen molar-refractivity contribution in [2.45, 2.75) is 26.3 Å². The van der Waals surface area contributed by atoms with Crippen molar-refractivity contribution in [2.75, 3.05) is 25.5 Å². The number of pyridine rings is 1. The number of likely N-dealkylation sites (N-methyl/N-ethyl adjacent to an activating group) is 1. The Balaban J connectivity index is 1.63. The van der Waals surface area contributed by atoms with E-state index in [1.54, 1.807) is 17.3 Å². The molecule has 0 atom stereocenters. The van der Waals surface area contributed by atoms with E-state index in [4.69, 9.17) is 0 Å². The quantitative estimate of drug-likeness (QED) is 0.809. The summed E-state index contributed by atoms with van der Waals surface area (Å²) < 4.78 is 2.07. The van der Waals surface area contributed by atoms with Crippen LogP contribution in [-0.2, 0) is 11.3 Å². The molecule has 0 saturated heterocycles. The van der Waals surface area contributed by atoms with Gasteiger partial charge in [-0.15, -0.1) is 0 Å². The number of nitrogens with zero attached hydrogens (tertiary/aromatic N) is 4. The summed E-state index contributed by atoms with van der Waals surface area (Å²) in [5.41, 5.74) is 0. The van der Waals surface area contributed by atoms with Gasteiger partial charge in [0.1, 0.15) is 11.6 Å². The largest absolute Gasteiger partial charge is 0.368 e. The molecular formula is C16H23N5O. The third-order valence-corrected chi connectivity index (χ3v) is 3.56. The van der Waals surface area contributed by atoms with Crippen molar-refractivity contribution in [1.29, 1.82) is 0 Å². The zero-order valence-corrected chi connectivity index (χ0v) is 13.2. The van der Waals surface area contributed by atoms with E-state index in [1.165, 1.54) is 0 Å². The molecule has 2 rings (SSSR count). The van der Waals surface area contributed by atoms with Crippen LogP contribution in [0, 0.1) is 6.92 Å². The minimum Gasteiger partial charge on any atom is -0.368 e. The molecule has 6 nitrogen and oxygen atoms in total. The summed E-state index contributed by atoms with van der Waals surface area (Å²) in [5, 5.41) is 3.20. The van der Waals surface area contributed by atoms with Crippen LogP contribution in [0.2, 0.25) is 0 Å². The second-order valence-electron chi connectivity index (χ2n) is 5.23. The van der Waals surface area contributed by atoms with E-state index in [2.05, 4.69) is 19.9 Å². The Bertz CT molecular complexity index is 581. The topological polar surface area (TPSA) is 63.1 Å². The van der Waals surface area contributed by atoms with Crippen molar-refractivity contribution in [3.63, 3.8) is 0 Å². The molecule has 0 fully saturated rings. The number of hydrogen-bond donors (Lipinski definition) is 1. The summed E-state index contributed by atoms with van der Waals surface area (Å²) in [4.78, 5) is 22.2. The molecule has 22 heavy (non-hydrogen) atoms. The molecule has 1 N–H and O–H groups in total. The summed E-state index contributed by atoms with van der Waals surface area (Å²) in [5.74, 6) is 1.99. The van der Waals surface area contributed by atoms with Crippen molar-refractivity contribution in [2.24, 2.45) is 0 Å². The molecule has 0 aliphatic rings. The number of rotatable bonds is 8. The maximum Gasteiger partial charge on any atom is 0.222 e. The van der Waals surface area contributed by atoms with Gasteiger partial charge in [-0.1, -0.05) is 6.07 Å². The molecule has 6 heteroatoms. The fourth-order valence-electron chi connectivity index (χ4n) is 2.18. The first kappa shape index (κ1) is 16.0. The van der Waals surface area contributed by atoms with Crippen molar-refractivity contribution >= 4 is 11.7 Å². The average molecular weight is 301 g/mol. The number of anilines is 1.